The molecule has 142 valence electrons. The number of nitrogens with one attached hydrogen (secondary N) is 2. The van der Waals surface area contributed by atoms with Gasteiger partial charge in [-0.1, -0.05) is 12.1 Å². The van der Waals surface area contributed by atoms with E-state index in [1.54, 1.807) is 20.4 Å². The van der Waals surface area contributed by atoms with E-state index in [2.05, 4.69) is 20.6 Å². The van der Waals surface area contributed by atoms with Crippen LogP contribution in [-0.2, 0) is 11.2 Å². The molecule has 2 aromatic rings. The summed E-state index contributed by atoms with van der Waals surface area (Å²) in [5, 5.41) is 6.56. The summed E-state index contributed by atoms with van der Waals surface area (Å²) < 4.78 is 10.7. The van der Waals surface area contributed by atoms with Crippen LogP contribution < -0.4 is 15.4 Å². The van der Waals surface area contributed by atoms with E-state index < -0.39 is 0 Å². The van der Waals surface area contributed by atoms with Crippen LogP contribution in [0.25, 0.3) is 0 Å². The molecule has 0 radical (unpaired) electrons. The predicted molar refractivity (Wildman–Crippen MR) is 117 cm³/mol. The topological polar surface area (TPSA) is 67.8 Å². The molecule has 0 amide bonds. The fraction of sp³-hybridized carbons (Fsp3) is 0.368. The molecular weight excluding hydrogens is 443 g/mol. The van der Waals surface area contributed by atoms with Gasteiger partial charge in [-0.2, -0.15) is 0 Å². The maximum absolute atomic E-state index is 5.71. The van der Waals surface area contributed by atoms with Crippen molar-refractivity contribution >= 4 is 35.6 Å². The van der Waals surface area contributed by atoms with E-state index in [4.69, 9.17) is 9.47 Å². The second-order valence-electron chi connectivity index (χ2n) is 5.42. The Kier molecular flexibility index (Phi) is 11.4. The number of hydrogen-bond donors (Lipinski definition) is 2. The molecular formula is C19H27IN4O2. The standard InChI is InChI=1S/C19H26N4O2.HI/c1-20-19(22-12-10-16-7-3-4-11-21-16)23-17-8-5-9-18(15-17)25-14-6-13-24-2;/h3-5,7-9,11,15H,6,10,12-14H2,1-2H3,(H2,20,22,23);1H. The monoisotopic (exact) mass is 470 g/mol. The Morgan fingerprint density at radius 1 is 1.15 bits per heavy atom. The third-order valence-electron chi connectivity index (χ3n) is 3.48. The molecule has 0 bridgehead atoms. The number of nitrogens with zero attached hydrogens (tertiary/aromatic N) is 2. The number of anilines is 1. The molecule has 0 atom stereocenters. The van der Waals surface area contributed by atoms with Gasteiger partial charge in [0, 0.05) is 63.8 Å². The number of guanidine groups is 1. The lowest BCUT2D eigenvalue weighted by molar-refractivity contribution is 0.172. The maximum Gasteiger partial charge on any atom is 0.195 e. The van der Waals surface area contributed by atoms with Crippen LogP contribution in [0.2, 0.25) is 0 Å². The molecule has 26 heavy (non-hydrogen) atoms. The molecule has 1 aromatic carbocycles. The van der Waals surface area contributed by atoms with Gasteiger partial charge in [-0.25, -0.2) is 0 Å². The summed E-state index contributed by atoms with van der Waals surface area (Å²) in [4.78, 5) is 8.56. The normalized spacial score (nSPS) is 10.8. The van der Waals surface area contributed by atoms with E-state index in [1.165, 1.54) is 0 Å². The number of rotatable bonds is 9. The van der Waals surface area contributed by atoms with Crippen LogP contribution >= 0.6 is 24.0 Å². The molecule has 0 aliphatic carbocycles. The molecule has 2 N–H and O–H groups in total. The van der Waals surface area contributed by atoms with Gasteiger partial charge in [0.2, 0.25) is 0 Å². The van der Waals surface area contributed by atoms with Gasteiger partial charge in [0.1, 0.15) is 5.75 Å². The average Bonchev–Trinajstić information content (AvgIpc) is 2.66. The Labute approximate surface area is 172 Å². The first-order chi connectivity index (χ1) is 12.3. The van der Waals surface area contributed by atoms with Crippen LogP contribution in [0.1, 0.15) is 12.1 Å². The zero-order valence-electron chi connectivity index (χ0n) is 15.3. The molecule has 7 heteroatoms. The molecule has 1 aromatic heterocycles. The number of halogens is 1. The van der Waals surface area contributed by atoms with Crippen molar-refractivity contribution < 1.29 is 9.47 Å². The number of aliphatic imine (C=N–C) groups is 1. The van der Waals surface area contributed by atoms with Crippen molar-refractivity contribution in [3.63, 3.8) is 0 Å². The highest BCUT2D eigenvalue weighted by atomic mass is 127. The summed E-state index contributed by atoms with van der Waals surface area (Å²) in [5.74, 6) is 1.54. The minimum atomic E-state index is 0. The number of methoxy groups -OCH3 is 1. The molecule has 2 rings (SSSR count). The number of hydrogen-bond acceptors (Lipinski definition) is 4. The van der Waals surface area contributed by atoms with E-state index >= 15 is 0 Å². The molecule has 0 saturated carbocycles. The molecule has 0 aliphatic heterocycles. The Bertz CT molecular complexity index is 653. The molecule has 0 aliphatic rings. The molecule has 0 fully saturated rings. The van der Waals surface area contributed by atoms with Gasteiger partial charge in [0.15, 0.2) is 5.96 Å². The lowest BCUT2D eigenvalue weighted by Gasteiger charge is -2.13. The van der Waals surface area contributed by atoms with Crippen molar-refractivity contribution in [3.8, 4) is 5.75 Å². The lowest BCUT2D eigenvalue weighted by atomic mass is 10.3. The van der Waals surface area contributed by atoms with Crippen LogP contribution in [-0.4, -0.2) is 44.9 Å². The van der Waals surface area contributed by atoms with Crippen molar-refractivity contribution in [2.24, 2.45) is 4.99 Å². The second kappa shape index (κ2) is 13.3. The molecule has 0 unspecified atom stereocenters. The van der Waals surface area contributed by atoms with Crippen molar-refractivity contribution in [3.05, 3.63) is 54.4 Å². The Morgan fingerprint density at radius 2 is 2.04 bits per heavy atom. The summed E-state index contributed by atoms with van der Waals surface area (Å²) >= 11 is 0. The zero-order chi connectivity index (χ0) is 17.7. The van der Waals surface area contributed by atoms with Crippen LogP contribution in [0.5, 0.6) is 5.75 Å². The Balaban J connectivity index is 0.00000338. The third kappa shape index (κ3) is 8.48. The van der Waals surface area contributed by atoms with Crippen LogP contribution in [0.3, 0.4) is 0 Å². The minimum Gasteiger partial charge on any atom is -0.493 e. The Hall–Kier alpha value is -1.87. The van der Waals surface area contributed by atoms with Gasteiger partial charge in [0.05, 0.1) is 6.61 Å². The summed E-state index contributed by atoms with van der Waals surface area (Å²) in [6.07, 6.45) is 3.51. The van der Waals surface area contributed by atoms with Gasteiger partial charge in [-0.15, -0.1) is 24.0 Å². The highest BCUT2D eigenvalue weighted by molar-refractivity contribution is 14.0. The summed E-state index contributed by atoms with van der Waals surface area (Å²) in [7, 11) is 3.44. The smallest absolute Gasteiger partial charge is 0.195 e. The van der Waals surface area contributed by atoms with Gasteiger partial charge < -0.3 is 20.1 Å². The molecule has 0 spiro atoms. The molecule has 1 heterocycles. The highest BCUT2D eigenvalue weighted by Crippen LogP contribution is 2.17. The van der Waals surface area contributed by atoms with Gasteiger partial charge in [-0.3, -0.25) is 9.98 Å². The van der Waals surface area contributed by atoms with Crippen LogP contribution in [0.4, 0.5) is 5.69 Å². The van der Waals surface area contributed by atoms with Gasteiger partial charge in [0.25, 0.3) is 0 Å². The van der Waals surface area contributed by atoms with E-state index in [0.29, 0.717) is 19.2 Å². The van der Waals surface area contributed by atoms with E-state index in [-0.39, 0.29) is 24.0 Å². The largest absolute Gasteiger partial charge is 0.493 e. The van der Waals surface area contributed by atoms with Crippen molar-refractivity contribution in [1.82, 2.24) is 10.3 Å². The van der Waals surface area contributed by atoms with Gasteiger partial charge >= 0.3 is 0 Å². The van der Waals surface area contributed by atoms with Crippen LogP contribution in [0, 0.1) is 0 Å². The third-order valence-corrected chi connectivity index (χ3v) is 3.48. The fourth-order valence-corrected chi connectivity index (χ4v) is 2.23. The van der Waals surface area contributed by atoms with Crippen molar-refractivity contribution in [2.75, 3.05) is 39.2 Å². The summed E-state index contributed by atoms with van der Waals surface area (Å²) in [5.41, 5.74) is 1.98. The van der Waals surface area contributed by atoms with Crippen LogP contribution in [0.15, 0.2) is 53.7 Å². The van der Waals surface area contributed by atoms with E-state index in [1.807, 2.05) is 42.5 Å². The molecule has 6 nitrogen and oxygen atoms in total. The fourth-order valence-electron chi connectivity index (χ4n) is 2.23. The summed E-state index contributed by atoms with van der Waals surface area (Å²) in [6, 6.07) is 13.8. The van der Waals surface area contributed by atoms with Gasteiger partial charge in [-0.05, 0) is 24.3 Å². The predicted octanol–water partition coefficient (Wildman–Crippen LogP) is 3.34. The average molecular weight is 470 g/mol. The quantitative estimate of drug-likeness (QED) is 0.255. The molecule has 0 saturated heterocycles. The van der Waals surface area contributed by atoms with E-state index in [0.717, 1.165) is 36.5 Å². The van der Waals surface area contributed by atoms with Crippen molar-refractivity contribution in [1.29, 1.82) is 0 Å². The first-order valence-corrected chi connectivity index (χ1v) is 8.41. The highest BCUT2D eigenvalue weighted by Gasteiger charge is 2.02. The lowest BCUT2D eigenvalue weighted by Crippen LogP contribution is -2.32. The first kappa shape index (κ1) is 22.2. The Morgan fingerprint density at radius 3 is 2.77 bits per heavy atom. The van der Waals surface area contributed by atoms with E-state index in [9.17, 15) is 0 Å². The minimum absolute atomic E-state index is 0. The number of pyridine rings is 1. The summed E-state index contributed by atoms with van der Waals surface area (Å²) in [6.45, 7) is 2.09. The number of ether oxygens (including phenoxy) is 2. The zero-order valence-corrected chi connectivity index (χ0v) is 17.6. The number of aromatic nitrogens is 1. The SMILES string of the molecule is CN=C(NCCc1ccccn1)Nc1cccc(OCCCOC)c1.I. The second-order valence-corrected chi connectivity index (χ2v) is 5.42. The first-order valence-electron chi connectivity index (χ1n) is 8.41. The maximum atomic E-state index is 5.71. The van der Waals surface area contributed by atoms with Crippen molar-refractivity contribution in [2.45, 2.75) is 12.8 Å². The number of benzene rings is 1.